The molecule has 1 aromatic heterocycles. The first-order valence-electron chi connectivity index (χ1n) is 8.64. The van der Waals surface area contributed by atoms with Gasteiger partial charge in [0, 0.05) is 17.3 Å². The Bertz CT molecular complexity index is 1170. The summed E-state index contributed by atoms with van der Waals surface area (Å²) in [6.07, 6.45) is 1.48. The molecular formula is C19H17ClN4O3S. The van der Waals surface area contributed by atoms with Crippen molar-refractivity contribution in [2.24, 2.45) is 0 Å². The van der Waals surface area contributed by atoms with Crippen LogP contribution in [-0.4, -0.2) is 34.7 Å². The molecule has 144 valence electrons. The van der Waals surface area contributed by atoms with Crippen molar-refractivity contribution >= 4 is 33.2 Å². The van der Waals surface area contributed by atoms with Gasteiger partial charge in [-0.05, 0) is 30.3 Å². The number of nitrogens with zero attached hydrogens (tertiary/aromatic N) is 3. The van der Waals surface area contributed by atoms with Crippen molar-refractivity contribution in [1.29, 1.82) is 0 Å². The predicted molar refractivity (Wildman–Crippen MR) is 106 cm³/mol. The average molecular weight is 417 g/mol. The van der Waals surface area contributed by atoms with Gasteiger partial charge in [0.25, 0.3) is 5.91 Å². The van der Waals surface area contributed by atoms with Gasteiger partial charge in [-0.3, -0.25) is 9.36 Å². The van der Waals surface area contributed by atoms with Crippen LogP contribution >= 0.6 is 11.6 Å². The number of para-hydroxylation sites is 1. The van der Waals surface area contributed by atoms with Gasteiger partial charge in [-0.15, -0.1) is 0 Å². The fraction of sp³-hybridized carbons (Fsp3) is 0.158. The smallest absolute Gasteiger partial charge is 0.276 e. The van der Waals surface area contributed by atoms with Gasteiger partial charge in [-0.2, -0.15) is 4.31 Å². The number of hydrogen-bond donors (Lipinski definition) is 1. The molecule has 0 radical (unpaired) electrons. The summed E-state index contributed by atoms with van der Waals surface area (Å²) in [6, 6.07) is 13.5. The monoisotopic (exact) mass is 416 g/mol. The number of carbonyl (C=O) groups excluding carboxylic acids is 1. The number of sulfonamides is 1. The molecule has 0 saturated carbocycles. The standard InChI is InChI=1S/C19H17ClN4O3S/c1-2-23-11-16-18(19(25)22-14-7-5-6-13(20)10-14)21-12-24(16)15-8-3-4-9-17(15)28(23,26)27/h3-10,12H,2,11H2,1H3,(H,22,25). The maximum Gasteiger partial charge on any atom is 0.276 e. The summed E-state index contributed by atoms with van der Waals surface area (Å²) < 4.78 is 29.0. The third-order valence-electron chi connectivity index (χ3n) is 4.59. The van der Waals surface area contributed by atoms with Crippen molar-refractivity contribution in [3.63, 3.8) is 0 Å². The summed E-state index contributed by atoms with van der Waals surface area (Å²) in [4.78, 5) is 17.3. The lowest BCUT2D eigenvalue weighted by atomic mass is 10.2. The van der Waals surface area contributed by atoms with E-state index in [1.807, 2.05) is 0 Å². The zero-order valence-corrected chi connectivity index (χ0v) is 16.5. The molecule has 2 heterocycles. The van der Waals surface area contributed by atoms with Crippen LogP contribution in [0.3, 0.4) is 0 Å². The molecule has 28 heavy (non-hydrogen) atoms. The lowest BCUT2D eigenvalue weighted by Gasteiger charge is -2.18. The first kappa shape index (κ1) is 18.7. The van der Waals surface area contributed by atoms with Crippen molar-refractivity contribution < 1.29 is 13.2 Å². The molecule has 7 nitrogen and oxygen atoms in total. The van der Waals surface area contributed by atoms with Gasteiger partial charge in [0.2, 0.25) is 10.0 Å². The van der Waals surface area contributed by atoms with Crippen LogP contribution in [0.1, 0.15) is 23.1 Å². The largest absolute Gasteiger partial charge is 0.321 e. The van der Waals surface area contributed by atoms with Crippen LogP contribution in [0.2, 0.25) is 5.02 Å². The quantitative estimate of drug-likeness (QED) is 0.709. The highest BCUT2D eigenvalue weighted by Gasteiger charge is 2.33. The number of amides is 1. The zero-order chi connectivity index (χ0) is 19.9. The molecule has 1 N–H and O–H groups in total. The zero-order valence-electron chi connectivity index (χ0n) is 15.0. The van der Waals surface area contributed by atoms with Crippen LogP contribution in [-0.2, 0) is 16.6 Å². The number of halogens is 1. The van der Waals surface area contributed by atoms with Crippen LogP contribution in [0, 0.1) is 0 Å². The number of carbonyl (C=O) groups is 1. The summed E-state index contributed by atoms with van der Waals surface area (Å²) in [7, 11) is -3.68. The molecule has 0 saturated heterocycles. The molecule has 0 aliphatic carbocycles. The van der Waals surface area contributed by atoms with Gasteiger partial charge < -0.3 is 5.32 Å². The van der Waals surface area contributed by atoms with Crippen LogP contribution in [0.15, 0.2) is 59.8 Å². The lowest BCUT2D eigenvalue weighted by molar-refractivity contribution is 0.102. The normalized spacial score (nSPS) is 15.4. The fourth-order valence-electron chi connectivity index (χ4n) is 3.23. The highest BCUT2D eigenvalue weighted by Crippen LogP contribution is 2.31. The number of fused-ring (bicyclic) bond motifs is 3. The van der Waals surface area contributed by atoms with Gasteiger partial charge in [0.15, 0.2) is 5.69 Å². The van der Waals surface area contributed by atoms with Crippen molar-refractivity contribution in [1.82, 2.24) is 13.9 Å². The number of hydrogen-bond acceptors (Lipinski definition) is 4. The second-order valence-corrected chi connectivity index (χ2v) is 8.62. The number of imidazole rings is 1. The number of aromatic nitrogens is 2. The van der Waals surface area contributed by atoms with E-state index in [1.54, 1.807) is 60.0 Å². The van der Waals surface area contributed by atoms with Crippen LogP contribution in [0.25, 0.3) is 5.69 Å². The van der Waals surface area contributed by atoms with E-state index < -0.39 is 15.9 Å². The van der Waals surface area contributed by atoms with Crippen molar-refractivity contribution in [2.75, 3.05) is 11.9 Å². The maximum atomic E-state index is 13.0. The number of anilines is 1. The SMILES string of the molecule is CCN1Cc2c(C(=O)Nc3cccc(Cl)c3)ncn2-c2ccccc2S1(=O)=O. The Morgan fingerprint density at radius 1 is 1.21 bits per heavy atom. The van der Waals surface area contributed by atoms with Crippen molar-refractivity contribution in [3.8, 4) is 5.69 Å². The Hall–Kier alpha value is -2.68. The second kappa shape index (κ2) is 7.05. The van der Waals surface area contributed by atoms with Crippen LogP contribution < -0.4 is 5.32 Å². The van der Waals surface area contributed by atoms with Gasteiger partial charge in [-0.1, -0.05) is 36.7 Å². The molecule has 0 fully saturated rings. The summed E-state index contributed by atoms with van der Waals surface area (Å²) >= 11 is 5.97. The van der Waals surface area contributed by atoms with E-state index in [-0.39, 0.29) is 23.7 Å². The predicted octanol–water partition coefficient (Wildman–Crippen LogP) is 3.30. The number of rotatable bonds is 3. The minimum absolute atomic E-state index is 0.0474. The summed E-state index contributed by atoms with van der Waals surface area (Å²) in [5, 5.41) is 3.26. The van der Waals surface area contributed by atoms with Crippen LogP contribution in [0.5, 0.6) is 0 Å². The number of benzene rings is 2. The first-order valence-corrected chi connectivity index (χ1v) is 10.5. The van der Waals surface area contributed by atoms with E-state index in [2.05, 4.69) is 10.3 Å². The summed E-state index contributed by atoms with van der Waals surface area (Å²) in [5.74, 6) is -0.427. The molecule has 9 heteroatoms. The summed E-state index contributed by atoms with van der Waals surface area (Å²) in [5.41, 5.74) is 1.69. The maximum absolute atomic E-state index is 13.0. The van der Waals surface area contributed by atoms with E-state index in [9.17, 15) is 13.2 Å². The van der Waals surface area contributed by atoms with Crippen molar-refractivity contribution in [2.45, 2.75) is 18.4 Å². The van der Waals surface area contributed by atoms with Gasteiger partial charge in [0.1, 0.15) is 11.2 Å². The van der Waals surface area contributed by atoms with E-state index in [4.69, 9.17) is 11.6 Å². The molecule has 0 bridgehead atoms. The third kappa shape index (κ3) is 3.09. The third-order valence-corrected chi connectivity index (χ3v) is 6.79. The Labute approximate surface area is 167 Å². The Morgan fingerprint density at radius 3 is 2.75 bits per heavy atom. The Balaban J connectivity index is 1.81. The van der Waals surface area contributed by atoms with Crippen LogP contribution in [0.4, 0.5) is 5.69 Å². The second-order valence-electron chi connectivity index (χ2n) is 6.27. The van der Waals surface area contributed by atoms with E-state index in [1.165, 1.54) is 10.6 Å². The van der Waals surface area contributed by atoms with Gasteiger partial charge in [0.05, 0.1) is 17.9 Å². The molecule has 0 atom stereocenters. The van der Waals surface area contributed by atoms with E-state index in [0.717, 1.165) is 0 Å². The molecule has 1 aliphatic rings. The minimum Gasteiger partial charge on any atom is -0.321 e. The van der Waals surface area contributed by atoms with Gasteiger partial charge in [-0.25, -0.2) is 13.4 Å². The topological polar surface area (TPSA) is 84.3 Å². The first-order chi connectivity index (χ1) is 13.4. The molecule has 1 amide bonds. The van der Waals surface area contributed by atoms with Crippen molar-refractivity contribution in [3.05, 3.63) is 71.3 Å². The molecular weight excluding hydrogens is 400 g/mol. The molecule has 2 aromatic carbocycles. The molecule has 0 unspecified atom stereocenters. The van der Waals surface area contributed by atoms with Gasteiger partial charge >= 0.3 is 0 Å². The highest BCUT2D eigenvalue weighted by atomic mass is 35.5. The Kier molecular flexibility index (Phi) is 4.70. The minimum atomic E-state index is -3.68. The summed E-state index contributed by atoms with van der Waals surface area (Å²) in [6.45, 7) is 2.08. The molecule has 3 aromatic rings. The van der Waals surface area contributed by atoms with E-state index in [0.29, 0.717) is 22.1 Å². The Morgan fingerprint density at radius 2 is 2.00 bits per heavy atom. The lowest BCUT2D eigenvalue weighted by Crippen LogP contribution is -2.30. The van der Waals surface area contributed by atoms with E-state index >= 15 is 0 Å². The highest BCUT2D eigenvalue weighted by molar-refractivity contribution is 7.89. The fourth-order valence-corrected chi connectivity index (χ4v) is 5.01. The molecule has 4 rings (SSSR count). The average Bonchev–Trinajstić information content (AvgIpc) is 3.06. The molecule has 0 spiro atoms. The number of nitrogens with one attached hydrogen (secondary N) is 1. The molecule has 1 aliphatic heterocycles.